The highest BCUT2D eigenvalue weighted by Crippen LogP contribution is 2.26. The van der Waals surface area contributed by atoms with Crippen molar-refractivity contribution < 1.29 is 14.3 Å². The first-order chi connectivity index (χ1) is 14.7. The minimum atomic E-state index is -0.0361. The Morgan fingerprint density at radius 2 is 1.57 bits per heavy atom. The van der Waals surface area contributed by atoms with Crippen molar-refractivity contribution in [1.29, 1.82) is 0 Å². The maximum atomic E-state index is 12.5. The topological polar surface area (TPSA) is 67.8 Å². The van der Waals surface area contributed by atoms with Gasteiger partial charge in [-0.1, -0.05) is 42.5 Å². The SMILES string of the molecule is COc1ccccc1OCC(=O)N1CCN(c2ccc(-c3ccccc3)nn2)CC1. The fraction of sp³-hybridized carbons (Fsp3) is 0.261. The van der Waals surface area contributed by atoms with Gasteiger partial charge in [0, 0.05) is 31.7 Å². The molecule has 0 aliphatic carbocycles. The van der Waals surface area contributed by atoms with E-state index in [9.17, 15) is 4.79 Å². The van der Waals surface area contributed by atoms with Crippen LogP contribution in [0.4, 0.5) is 5.82 Å². The Kier molecular flexibility index (Phi) is 6.08. The number of hydrogen-bond acceptors (Lipinski definition) is 6. The van der Waals surface area contributed by atoms with Crippen molar-refractivity contribution in [2.45, 2.75) is 0 Å². The Balaban J connectivity index is 1.30. The number of rotatable bonds is 6. The van der Waals surface area contributed by atoms with E-state index < -0.39 is 0 Å². The zero-order valence-electron chi connectivity index (χ0n) is 16.9. The third-order valence-electron chi connectivity index (χ3n) is 5.10. The Morgan fingerprint density at radius 3 is 2.23 bits per heavy atom. The third kappa shape index (κ3) is 4.51. The average molecular weight is 404 g/mol. The van der Waals surface area contributed by atoms with Crippen LogP contribution in [0.3, 0.4) is 0 Å². The number of piperazine rings is 1. The Bertz CT molecular complexity index is 971. The van der Waals surface area contributed by atoms with Crippen molar-refractivity contribution >= 4 is 11.7 Å². The van der Waals surface area contributed by atoms with Crippen molar-refractivity contribution in [2.24, 2.45) is 0 Å². The molecule has 0 radical (unpaired) electrons. The van der Waals surface area contributed by atoms with Gasteiger partial charge in [-0.05, 0) is 24.3 Å². The summed E-state index contributed by atoms with van der Waals surface area (Å²) in [5.41, 5.74) is 1.89. The highest BCUT2D eigenvalue weighted by Gasteiger charge is 2.22. The monoisotopic (exact) mass is 404 g/mol. The van der Waals surface area contributed by atoms with Crippen LogP contribution in [0.25, 0.3) is 11.3 Å². The molecule has 7 nitrogen and oxygen atoms in total. The lowest BCUT2D eigenvalue weighted by Crippen LogP contribution is -2.50. The van der Waals surface area contributed by atoms with Gasteiger partial charge in [0.1, 0.15) is 0 Å². The summed E-state index contributed by atoms with van der Waals surface area (Å²) in [7, 11) is 1.58. The number of aromatic nitrogens is 2. The summed E-state index contributed by atoms with van der Waals surface area (Å²) in [6.07, 6.45) is 0. The van der Waals surface area contributed by atoms with E-state index in [4.69, 9.17) is 9.47 Å². The van der Waals surface area contributed by atoms with Crippen molar-refractivity contribution in [2.75, 3.05) is 44.8 Å². The minimum absolute atomic E-state index is 0.00798. The van der Waals surface area contributed by atoms with Gasteiger partial charge >= 0.3 is 0 Å². The van der Waals surface area contributed by atoms with E-state index in [0.717, 1.165) is 17.1 Å². The van der Waals surface area contributed by atoms with E-state index >= 15 is 0 Å². The molecular formula is C23H24N4O3. The first kappa shape index (κ1) is 19.7. The molecule has 2 aromatic carbocycles. The molecule has 0 spiro atoms. The lowest BCUT2D eigenvalue weighted by Gasteiger charge is -2.35. The van der Waals surface area contributed by atoms with Crippen LogP contribution in [-0.2, 0) is 4.79 Å². The lowest BCUT2D eigenvalue weighted by molar-refractivity contribution is -0.133. The van der Waals surface area contributed by atoms with Gasteiger partial charge in [-0.15, -0.1) is 10.2 Å². The maximum absolute atomic E-state index is 12.5. The summed E-state index contributed by atoms with van der Waals surface area (Å²) >= 11 is 0. The predicted octanol–water partition coefficient (Wildman–Crippen LogP) is 2.88. The normalized spacial score (nSPS) is 13.8. The van der Waals surface area contributed by atoms with Gasteiger partial charge in [-0.2, -0.15) is 0 Å². The molecule has 154 valence electrons. The second-order valence-electron chi connectivity index (χ2n) is 6.95. The standard InChI is InChI=1S/C23H24N4O3/c1-29-20-9-5-6-10-21(20)30-17-23(28)27-15-13-26(14-16-27)22-12-11-19(24-25-22)18-7-3-2-4-8-18/h2-12H,13-17H2,1H3. The molecular weight excluding hydrogens is 380 g/mol. The van der Waals surface area contributed by atoms with Gasteiger partial charge in [0.25, 0.3) is 5.91 Å². The number of carbonyl (C=O) groups is 1. The fourth-order valence-electron chi connectivity index (χ4n) is 3.41. The highest BCUT2D eigenvalue weighted by atomic mass is 16.5. The third-order valence-corrected chi connectivity index (χ3v) is 5.10. The predicted molar refractivity (Wildman–Crippen MR) is 115 cm³/mol. The van der Waals surface area contributed by atoms with E-state index in [1.165, 1.54) is 0 Å². The van der Waals surface area contributed by atoms with E-state index in [1.54, 1.807) is 13.2 Å². The number of benzene rings is 2. The molecule has 1 amide bonds. The minimum Gasteiger partial charge on any atom is -0.493 e. The molecule has 4 rings (SSSR count). The second-order valence-corrected chi connectivity index (χ2v) is 6.95. The number of carbonyl (C=O) groups excluding carboxylic acids is 1. The highest BCUT2D eigenvalue weighted by molar-refractivity contribution is 5.78. The molecule has 3 aromatic rings. The zero-order valence-corrected chi connectivity index (χ0v) is 16.9. The Hall–Kier alpha value is -3.61. The smallest absolute Gasteiger partial charge is 0.260 e. The molecule has 0 saturated carbocycles. The van der Waals surface area contributed by atoms with Gasteiger partial charge in [-0.3, -0.25) is 4.79 Å². The molecule has 0 bridgehead atoms. The molecule has 1 saturated heterocycles. The molecule has 2 heterocycles. The van der Waals surface area contributed by atoms with Crippen molar-refractivity contribution in [3.8, 4) is 22.8 Å². The van der Waals surface area contributed by atoms with E-state index in [2.05, 4.69) is 15.1 Å². The summed E-state index contributed by atoms with van der Waals surface area (Å²) in [5, 5.41) is 8.73. The number of nitrogens with zero attached hydrogens (tertiary/aromatic N) is 4. The molecule has 0 unspecified atom stereocenters. The van der Waals surface area contributed by atoms with Gasteiger partial charge in [-0.25, -0.2) is 0 Å². The summed E-state index contributed by atoms with van der Waals surface area (Å²) in [6.45, 7) is 2.65. The van der Waals surface area contributed by atoms with E-state index in [0.29, 0.717) is 37.7 Å². The summed E-state index contributed by atoms with van der Waals surface area (Å²) in [6, 6.07) is 21.3. The Labute approximate surface area is 175 Å². The fourth-order valence-corrected chi connectivity index (χ4v) is 3.41. The summed E-state index contributed by atoms with van der Waals surface area (Å²) in [5.74, 6) is 1.98. The van der Waals surface area contributed by atoms with Gasteiger partial charge in [0.05, 0.1) is 12.8 Å². The van der Waals surface area contributed by atoms with Gasteiger partial charge < -0.3 is 19.3 Å². The largest absolute Gasteiger partial charge is 0.493 e. The van der Waals surface area contributed by atoms with Crippen LogP contribution in [0, 0.1) is 0 Å². The van der Waals surface area contributed by atoms with Crippen LogP contribution in [0.1, 0.15) is 0 Å². The molecule has 1 aliphatic rings. The summed E-state index contributed by atoms with van der Waals surface area (Å²) in [4.78, 5) is 16.5. The molecule has 1 fully saturated rings. The van der Waals surface area contributed by atoms with E-state index in [-0.39, 0.29) is 12.5 Å². The number of anilines is 1. The van der Waals surface area contributed by atoms with Crippen LogP contribution in [0.5, 0.6) is 11.5 Å². The van der Waals surface area contributed by atoms with Crippen LogP contribution >= 0.6 is 0 Å². The number of para-hydroxylation sites is 2. The summed E-state index contributed by atoms with van der Waals surface area (Å²) < 4.78 is 10.9. The number of hydrogen-bond donors (Lipinski definition) is 0. The van der Waals surface area contributed by atoms with Crippen LogP contribution < -0.4 is 14.4 Å². The molecule has 0 atom stereocenters. The van der Waals surface area contributed by atoms with E-state index in [1.807, 2.05) is 65.6 Å². The van der Waals surface area contributed by atoms with Crippen molar-refractivity contribution in [3.63, 3.8) is 0 Å². The zero-order chi connectivity index (χ0) is 20.8. The number of amides is 1. The molecule has 1 aliphatic heterocycles. The van der Waals surface area contributed by atoms with Crippen molar-refractivity contribution in [3.05, 3.63) is 66.7 Å². The van der Waals surface area contributed by atoms with Crippen molar-refractivity contribution in [1.82, 2.24) is 15.1 Å². The number of ether oxygens (including phenoxy) is 2. The van der Waals surface area contributed by atoms with Crippen LogP contribution in [0.15, 0.2) is 66.7 Å². The lowest BCUT2D eigenvalue weighted by atomic mass is 10.1. The first-order valence-electron chi connectivity index (χ1n) is 9.92. The average Bonchev–Trinajstić information content (AvgIpc) is 2.83. The quantitative estimate of drug-likeness (QED) is 0.629. The Morgan fingerprint density at radius 1 is 0.867 bits per heavy atom. The first-order valence-corrected chi connectivity index (χ1v) is 9.92. The van der Waals surface area contributed by atoms with Gasteiger partial charge in [0.15, 0.2) is 23.9 Å². The molecule has 1 aromatic heterocycles. The van der Waals surface area contributed by atoms with Crippen LogP contribution in [0.2, 0.25) is 0 Å². The van der Waals surface area contributed by atoms with Gasteiger partial charge in [0.2, 0.25) is 0 Å². The molecule has 30 heavy (non-hydrogen) atoms. The molecule has 0 N–H and O–H groups in total. The number of methoxy groups -OCH3 is 1. The molecule has 7 heteroatoms. The maximum Gasteiger partial charge on any atom is 0.260 e. The second kappa shape index (κ2) is 9.26. The van der Waals surface area contributed by atoms with Crippen LogP contribution in [-0.4, -0.2) is 60.9 Å².